The van der Waals surface area contributed by atoms with Crippen molar-refractivity contribution in [2.45, 2.75) is 30.8 Å². The van der Waals surface area contributed by atoms with E-state index in [1.165, 1.54) is 16.7 Å². The molecule has 1 unspecified atom stereocenters. The number of amides is 2. The maximum Gasteiger partial charge on any atom is 0.305 e. The lowest BCUT2D eigenvalue weighted by molar-refractivity contribution is -0.142. The SMILES string of the molecule is CC1SC[C@@H](C(=O)N[C@H](C=O)CC(=O)O)N1C(=O)COc1cccc2ccccc12. The van der Waals surface area contributed by atoms with Crippen molar-refractivity contribution in [1.29, 1.82) is 0 Å². The highest BCUT2D eigenvalue weighted by molar-refractivity contribution is 8.00. The maximum atomic E-state index is 12.9. The van der Waals surface area contributed by atoms with E-state index in [1.54, 1.807) is 6.07 Å². The summed E-state index contributed by atoms with van der Waals surface area (Å²) in [6.45, 7) is 1.57. The van der Waals surface area contributed by atoms with Gasteiger partial charge in [-0.05, 0) is 18.4 Å². The van der Waals surface area contributed by atoms with Gasteiger partial charge in [0.25, 0.3) is 5.91 Å². The number of aldehydes is 1. The summed E-state index contributed by atoms with van der Waals surface area (Å²) in [6.07, 6.45) is -0.129. The van der Waals surface area contributed by atoms with E-state index in [0.717, 1.165) is 10.8 Å². The third kappa shape index (κ3) is 4.91. The topological polar surface area (TPSA) is 113 Å². The molecule has 0 saturated carbocycles. The van der Waals surface area contributed by atoms with Crippen molar-refractivity contribution in [2.75, 3.05) is 12.4 Å². The molecule has 1 aliphatic rings. The van der Waals surface area contributed by atoms with Crippen LogP contribution in [0.1, 0.15) is 13.3 Å². The number of carbonyl (C=O) groups is 4. The van der Waals surface area contributed by atoms with Crippen LogP contribution in [0.2, 0.25) is 0 Å². The van der Waals surface area contributed by atoms with Gasteiger partial charge in [-0.3, -0.25) is 14.4 Å². The standard InChI is InChI=1S/C21H22N2O6S/c1-13-23(17(12-30-13)21(28)22-15(10-24)9-20(26)27)19(25)11-29-18-8-4-6-14-5-2-3-7-16(14)18/h2-8,10,13,15,17H,9,11-12H2,1H3,(H,22,28)(H,26,27)/t13?,15-,17-/m0/s1. The molecule has 3 rings (SSSR count). The van der Waals surface area contributed by atoms with Gasteiger partial charge >= 0.3 is 5.97 Å². The number of hydrogen-bond donors (Lipinski definition) is 2. The fourth-order valence-corrected chi connectivity index (χ4v) is 4.56. The Morgan fingerprint density at radius 1 is 1.27 bits per heavy atom. The third-order valence-corrected chi connectivity index (χ3v) is 6.02. The largest absolute Gasteiger partial charge is 0.483 e. The van der Waals surface area contributed by atoms with Crippen LogP contribution < -0.4 is 10.1 Å². The van der Waals surface area contributed by atoms with Gasteiger partial charge in [-0.2, -0.15) is 0 Å². The van der Waals surface area contributed by atoms with E-state index in [2.05, 4.69) is 5.32 Å². The Hall–Kier alpha value is -3.07. The number of rotatable bonds is 8. The van der Waals surface area contributed by atoms with E-state index < -0.39 is 30.4 Å². The summed E-state index contributed by atoms with van der Waals surface area (Å²) in [5.41, 5.74) is 0. The third-order valence-electron chi connectivity index (χ3n) is 4.80. The molecular formula is C21H22N2O6S. The Kier molecular flexibility index (Phi) is 6.94. The molecule has 0 spiro atoms. The molecule has 1 saturated heterocycles. The molecular weight excluding hydrogens is 408 g/mol. The molecule has 2 N–H and O–H groups in total. The van der Waals surface area contributed by atoms with Gasteiger partial charge in [0, 0.05) is 11.1 Å². The van der Waals surface area contributed by atoms with Crippen LogP contribution in [0.25, 0.3) is 10.8 Å². The van der Waals surface area contributed by atoms with Crippen LogP contribution in [0.15, 0.2) is 42.5 Å². The number of ether oxygens (including phenoxy) is 1. The summed E-state index contributed by atoms with van der Waals surface area (Å²) < 4.78 is 5.76. The molecule has 30 heavy (non-hydrogen) atoms. The van der Waals surface area contributed by atoms with Crippen LogP contribution in [0.5, 0.6) is 5.75 Å². The fourth-order valence-electron chi connectivity index (χ4n) is 3.36. The Morgan fingerprint density at radius 3 is 2.73 bits per heavy atom. The second-order valence-electron chi connectivity index (χ2n) is 6.86. The highest BCUT2D eigenvalue weighted by atomic mass is 32.2. The van der Waals surface area contributed by atoms with Crippen molar-refractivity contribution in [3.8, 4) is 5.75 Å². The molecule has 0 radical (unpaired) electrons. The zero-order chi connectivity index (χ0) is 21.7. The minimum absolute atomic E-state index is 0.241. The van der Waals surface area contributed by atoms with Gasteiger partial charge in [0.15, 0.2) is 6.61 Å². The summed E-state index contributed by atoms with van der Waals surface area (Å²) in [5.74, 6) is -1.18. The van der Waals surface area contributed by atoms with Crippen molar-refractivity contribution >= 4 is 46.6 Å². The zero-order valence-corrected chi connectivity index (χ0v) is 17.1. The predicted molar refractivity (Wildman–Crippen MR) is 112 cm³/mol. The number of nitrogens with zero attached hydrogens (tertiary/aromatic N) is 1. The van der Waals surface area contributed by atoms with Gasteiger partial charge in [0.05, 0.1) is 17.8 Å². The van der Waals surface area contributed by atoms with Crippen LogP contribution in [-0.2, 0) is 19.2 Å². The van der Waals surface area contributed by atoms with Crippen molar-refractivity contribution in [2.24, 2.45) is 0 Å². The van der Waals surface area contributed by atoms with Crippen LogP contribution in [-0.4, -0.2) is 63.9 Å². The number of hydrogen-bond acceptors (Lipinski definition) is 6. The highest BCUT2D eigenvalue weighted by Crippen LogP contribution is 2.30. The molecule has 1 aliphatic heterocycles. The second kappa shape index (κ2) is 9.62. The first-order chi connectivity index (χ1) is 14.4. The number of benzene rings is 2. The van der Waals surface area contributed by atoms with Crippen molar-refractivity contribution in [1.82, 2.24) is 10.2 Å². The lowest BCUT2D eigenvalue weighted by Gasteiger charge is -2.27. The molecule has 2 aromatic rings. The van der Waals surface area contributed by atoms with Gasteiger partial charge in [-0.25, -0.2) is 0 Å². The van der Waals surface area contributed by atoms with Crippen LogP contribution >= 0.6 is 11.8 Å². The minimum atomic E-state index is -1.20. The summed E-state index contributed by atoms with van der Waals surface area (Å²) in [4.78, 5) is 48.7. The van der Waals surface area contributed by atoms with Gasteiger partial charge < -0.3 is 24.9 Å². The summed E-state index contributed by atoms with van der Waals surface area (Å²) in [5, 5.41) is 12.9. The van der Waals surface area contributed by atoms with E-state index >= 15 is 0 Å². The molecule has 0 aromatic heterocycles. The van der Waals surface area contributed by atoms with E-state index in [0.29, 0.717) is 17.8 Å². The highest BCUT2D eigenvalue weighted by Gasteiger charge is 2.40. The molecule has 1 heterocycles. The van der Waals surface area contributed by atoms with Crippen LogP contribution in [0.3, 0.4) is 0 Å². The number of thioether (sulfide) groups is 1. The monoisotopic (exact) mass is 430 g/mol. The zero-order valence-electron chi connectivity index (χ0n) is 16.3. The number of carbonyl (C=O) groups excluding carboxylic acids is 3. The van der Waals surface area contributed by atoms with Crippen molar-refractivity contribution < 1.29 is 29.0 Å². The lowest BCUT2D eigenvalue weighted by Crippen LogP contribution is -2.53. The van der Waals surface area contributed by atoms with E-state index in [4.69, 9.17) is 9.84 Å². The van der Waals surface area contributed by atoms with Gasteiger partial charge in [-0.15, -0.1) is 11.8 Å². The number of carboxylic acids is 1. The first-order valence-electron chi connectivity index (χ1n) is 9.41. The van der Waals surface area contributed by atoms with E-state index in [9.17, 15) is 19.2 Å². The summed E-state index contributed by atoms with van der Waals surface area (Å²) >= 11 is 1.43. The number of fused-ring (bicyclic) bond motifs is 1. The van der Waals surface area contributed by atoms with Crippen molar-refractivity contribution in [3.63, 3.8) is 0 Å². The van der Waals surface area contributed by atoms with Gasteiger partial charge in [-0.1, -0.05) is 36.4 Å². The minimum Gasteiger partial charge on any atom is -0.483 e. The van der Waals surface area contributed by atoms with Gasteiger partial charge in [0.1, 0.15) is 18.1 Å². The number of aliphatic carboxylic acids is 1. The van der Waals surface area contributed by atoms with E-state index in [1.807, 2.05) is 43.3 Å². The average molecular weight is 430 g/mol. The number of carboxylic acid groups (broad SMARTS) is 1. The summed E-state index contributed by atoms with van der Waals surface area (Å²) in [7, 11) is 0. The van der Waals surface area contributed by atoms with Gasteiger partial charge in [0.2, 0.25) is 5.91 Å². The quantitative estimate of drug-likeness (QED) is 0.613. The van der Waals surface area contributed by atoms with Crippen molar-refractivity contribution in [3.05, 3.63) is 42.5 Å². The molecule has 2 amide bonds. The smallest absolute Gasteiger partial charge is 0.305 e. The molecule has 2 aromatic carbocycles. The lowest BCUT2D eigenvalue weighted by atomic mass is 10.1. The second-order valence-corrected chi connectivity index (χ2v) is 8.21. The molecule has 1 fully saturated rings. The van der Waals surface area contributed by atoms with Crippen LogP contribution in [0, 0.1) is 0 Å². The Bertz CT molecular complexity index is 960. The van der Waals surface area contributed by atoms with Crippen LogP contribution in [0.4, 0.5) is 0 Å². The molecule has 158 valence electrons. The first kappa shape index (κ1) is 21.6. The van der Waals surface area contributed by atoms with E-state index in [-0.39, 0.29) is 17.9 Å². The predicted octanol–water partition coefficient (Wildman–Crippen LogP) is 1.67. The molecule has 8 nitrogen and oxygen atoms in total. The average Bonchev–Trinajstić information content (AvgIpc) is 3.12. The Labute approximate surface area is 177 Å². The normalized spacial score (nSPS) is 19.3. The Morgan fingerprint density at radius 2 is 2.00 bits per heavy atom. The first-order valence-corrected chi connectivity index (χ1v) is 10.5. The molecule has 0 aliphatic carbocycles. The number of nitrogens with one attached hydrogen (secondary N) is 1. The molecule has 0 bridgehead atoms. The molecule has 3 atom stereocenters. The fraction of sp³-hybridized carbons (Fsp3) is 0.333. The molecule has 9 heteroatoms. The summed E-state index contributed by atoms with van der Waals surface area (Å²) in [6, 6.07) is 11.3. The Balaban J connectivity index is 1.68. The maximum absolute atomic E-state index is 12.9.